The lowest BCUT2D eigenvalue weighted by molar-refractivity contribution is 0.0697. The van der Waals surface area contributed by atoms with Gasteiger partial charge < -0.3 is 10.4 Å². The lowest BCUT2D eigenvalue weighted by atomic mass is 10.2. The van der Waals surface area contributed by atoms with Crippen LogP contribution in [0.15, 0.2) is 23.1 Å². The van der Waals surface area contributed by atoms with E-state index in [2.05, 4.69) is 11.2 Å². The Bertz CT molecular complexity index is 645. The van der Waals surface area contributed by atoms with Gasteiger partial charge in [-0.25, -0.2) is 17.5 Å². The molecule has 0 heterocycles. The SMILES string of the molecule is C#CCCNc1ccc(S(=O)(=O)N(C)C)cc1C(=O)O. The largest absolute Gasteiger partial charge is 0.478 e. The number of hydrogen-bond donors (Lipinski definition) is 2. The zero-order valence-corrected chi connectivity index (χ0v) is 12.1. The first-order chi connectivity index (χ1) is 9.30. The van der Waals surface area contributed by atoms with E-state index >= 15 is 0 Å². The smallest absolute Gasteiger partial charge is 0.337 e. The Morgan fingerprint density at radius 2 is 2.10 bits per heavy atom. The molecule has 0 unspecified atom stereocenters. The van der Waals surface area contributed by atoms with Crippen molar-refractivity contribution in [2.45, 2.75) is 11.3 Å². The van der Waals surface area contributed by atoms with Crippen molar-refractivity contribution in [3.8, 4) is 12.3 Å². The fraction of sp³-hybridized carbons (Fsp3) is 0.308. The highest BCUT2D eigenvalue weighted by atomic mass is 32.2. The third-order valence-electron chi connectivity index (χ3n) is 2.58. The van der Waals surface area contributed by atoms with Crippen LogP contribution in [0.3, 0.4) is 0 Å². The predicted molar refractivity (Wildman–Crippen MR) is 76.2 cm³/mol. The molecule has 1 aromatic rings. The van der Waals surface area contributed by atoms with Crippen molar-refractivity contribution >= 4 is 21.7 Å². The Morgan fingerprint density at radius 3 is 2.60 bits per heavy atom. The summed E-state index contributed by atoms with van der Waals surface area (Å²) < 4.78 is 25.0. The molecule has 1 rings (SSSR count). The first-order valence-corrected chi connectivity index (χ1v) is 7.22. The number of rotatable bonds is 6. The van der Waals surface area contributed by atoms with Gasteiger partial charge in [0.25, 0.3) is 0 Å². The zero-order valence-electron chi connectivity index (χ0n) is 11.3. The molecule has 0 atom stereocenters. The zero-order chi connectivity index (χ0) is 15.3. The van der Waals surface area contributed by atoms with Gasteiger partial charge in [-0.3, -0.25) is 0 Å². The molecule has 0 saturated heterocycles. The van der Waals surface area contributed by atoms with Gasteiger partial charge in [-0.05, 0) is 18.2 Å². The Morgan fingerprint density at radius 1 is 1.45 bits per heavy atom. The van der Waals surface area contributed by atoms with Crippen LogP contribution in [0.1, 0.15) is 16.8 Å². The van der Waals surface area contributed by atoms with Crippen LogP contribution in [-0.2, 0) is 10.0 Å². The van der Waals surface area contributed by atoms with Crippen LogP contribution in [-0.4, -0.2) is 44.4 Å². The van der Waals surface area contributed by atoms with E-state index in [0.29, 0.717) is 18.7 Å². The highest BCUT2D eigenvalue weighted by molar-refractivity contribution is 7.89. The maximum atomic E-state index is 12.0. The topological polar surface area (TPSA) is 86.7 Å². The fourth-order valence-electron chi connectivity index (χ4n) is 1.50. The second-order valence-electron chi connectivity index (χ2n) is 4.18. The van der Waals surface area contributed by atoms with E-state index in [1.54, 1.807) is 0 Å². The summed E-state index contributed by atoms with van der Waals surface area (Å²) in [5, 5.41) is 12.0. The van der Waals surface area contributed by atoms with E-state index in [1.165, 1.54) is 26.2 Å². The van der Waals surface area contributed by atoms with Crippen LogP contribution in [0.4, 0.5) is 5.69 Å². The number of carboxylic acid groups (broad SMARTS) is 1. The standard InChI is InChI=1S/C13H16N2O4S/c1-4-5-8-14-12-7-6-10(9-11(12)13(16)17)20(18,19)15(2)3/h1,6-7,9,14H,5,8H2,2-3H3,(H,16,17). The van der Waals surface area contributed by atoms with Gasteiger partial charge in [-0.2, -0.15) is 0 Å². The van der Waals surface area contributed by atoms with E-state index in [0.717, 1.165) is 10.4 Å². The van der Waals surface area contributed by atoms with Gasteiger partial charge in [0.05, 0.1) is 10.5 Å². The summed E-state index contributed by atoms with van der Waals surface area (Å²) in [7, 11) is -0.897. The Kier molecular flexibility index (Phi) is 5.13. The van der Waals surface area contributed by atoms with Gasteiger partial charge >= 0.3 is 5.97 Å². The Labute approximate surface area is 118 Å². The summed E-state index contributed by atoms with van der Waals surface area (Å²) in [6.07, 6.45) is 5.56. The molecule has 20 heavy (non-hydrogen) atoms. The quantitative estimate of drug-likeness (QED) is 0.606. The summed E-state index contributed by atoms with van der Waals surface area (Å²) >= 11 is 0. The molecule has 0 fully saturated rings. The number of nitrogens with zero attached hydrogens (tertiary/aromatic N) is 1. The molecule has 0 spiro atoms. The van der Waals surface area contributed by atoms with Gasteiger partial charge in [0.2, 0.25) is 10.0 Å². The molecular weight excluding hydrogens is 280 g/mol. The first-order valence-electron chi connectivity index (χ1n) is 5.78. The van der Waals surface area contributed by atoms with E-state index < -0.39 is 16.0 Å². The van der Waals surface area contributed by atoms with Crippen molar-refractivity contribution in [2.24, 2.45) is 0 Å². The average molecular weight is 296 g/mol. The van der Waals surface area contributed by atoms with E-state index in [1.807, 2.05) is 0 Å². The van der Waals surface area contributed by atoms with Gasteiger partial charge in [0.15, 0.2) is 0 Å². The molecule has 0 aromatic heterocycles. The highest BCUT2D eigenvalue weighted by Crippen LogP contribution is 2.22. The summed E-state index contributed by atoms with van der Waals surface area (Å²) in [4.78, 5) is 11.1. The lowest BCUT2D eigenvalue weighted by Gasteiger charge is -2.14. The molecule has 0 aliphatic heterocycles. The van der Waals surface area contributed by atoms with Crippen molar-refractivity contribution in [3.05, 3.63) is 23.8 Å². The molecule has 7 heteroatoms. The van der Waals surface area contributed by atoms with E-state index in [9.17, 15) is 13.2 Å². The minimum absolute atomic E-state index is 0.0672. The number of hydrogen-bond acceptors (Lipinski definition) is 4. The molecule has 0 radical (unpaired) electrons. The molecule has 0 bridgehead atoms. The number of carboxylic acids is 1. The Hall–Kier alpha value is -2.04. The van der Waals surface area contributed by atoms with Crippen molar-refractivity contribution in [1.82, 2.24) is 4.31 Å². The van der Waals surface area contributed by atoms with Gasteiger partial charge in [0.1, 0.15) is 0 Å². The third kappa shape index (κ3) is 3.50. The predicted octanol–water partition coefficient (Wildman–Crippen LogP) is 1.07. The number of nitrogens with one attached hydrogen (secondary N) is 1. The molecule has 6 nitrogen and oxygen atoms in total. The molecule has 0 aliphatic rings. The van der Waals surface area contributed by atoms with Crippen LogP contribution in [0.2, 0.25) is 0 Å². The molecule has 108 valence electrons. The number of carbonyl (C=O) groups is 1. The molecular formula is C13H16N2O4S. The maximum absolute atomic E-state index is 12.0. The number of anilines is 1. The van der Waals surface area contributed by atoms with Crippen LogP contribution in [0, 0.1) is 12.3 Å². The molecule has 0 saturated carbocycles. The first kappa shape index (κ1) is 16.0. The van der Waals surface area contributed by atoms with Crippen LogP contribution >= 0.6 is 0 Å². The minimum atomic E-state index is -3.66. The van der Waals surface area contributed by atoms with E-state index in [-0.39, 0.29) is 10.5 Å². The van der Waals surface area contributed by atoms with Crippen LogP contribution in [0.5, 0.6) is 0 Å². The molecule has 0 aliphatic carbocycles. The highest BCUT2D eigenvalue weighted by Gasteiger charge is 2.20. The lowest BCUT2D eigenvalue weighted by Crippen LogP contribution is -2.22. The number of aromatic carboxylic acids is 1. The van der Waals surface area contributed by atoms with Crippen molar-refractivity contribution in [1.29, 1.82) is 0 Å². The maximum Gasteiger partial charge on any atom is 0.337 e. The van der Waals surface area contributed by atoms with Crippen molar-refractivity contribution < 1.29 is 18.3 Å². The van der Waals surface area contributed by atoms with Gasteiger partial charge in [-0.1, -0.05) is 0 Å². The summed E-state index contributed by atoms with van der Waals surface area (Å²) in [6, 6.07) is 3.92. The molecule has 1 aromatic carbocycles. The minimum Gasteiger partial charge on any atom is -0.478 e. The molecule has 2 N–H and O–H groups in total. The number of benzene rings is 1. The summed E-state index contributed by atoms with van der Waals surface area (Å²) in [5.74, 6) is 1.22. The van der Waals surface area contributed by atoms with E-state index in [4.69, 9.17) is 11.5 Å². The van der Waals surface area contributed by atoms with Crippen LogP contribution in [0.25, 0.3) is 0 Å². The van der Waals surface area contributed by atoms with Crippen molar-refractivity contribution in [3.63, 3.8) is 0 Å². The van der Waals surface area contributed by atoms with Gasteiger partial charge in [-0.15, -0.1) is 12.3 Å². The average Bonchev–Trinajstić information content (AvgIpc) is 2.38. The fourth-order valence-corrected chi connectivity index (χ4v) is 2.42. The summed E-state index contributed by atoms with van der Waals surface area (Å²) in [6.45, 7) is 0.413. The second-order valence-corrected chi connectivity index (χ2v) is 6.33. The number of sulfonamides is 1. The molecule has 0 amide bonds. The third-order valence-corrected chi connectivity index (χ3v) is 4.40. The summed E-state index contributed by atoms with van der Waals surface area (Å²) in [5.41, 5.74) is 0.232. The van der Waals surface area contributed by atoms with Gasteiger partial charge in [0, 0.05) is 32.7 Å². The van der Waals surface area contributed by atoms with Crippen LogP contribution < -0.4 is 5.32 Å². The normalized spacial score (nSPS) is 11.1. The Balaban J connectivity index is 3.21. The second kappa shape index (κ2) is 6.41. The van der Waals surface area contributed by atoms with Crippen molar-refractivity contribution in [2.75, 3.05) is 26.0 Å². The number of terminal acetylenes is 1. The monoisotopic (exact) mass is 296 g/mol.